The average Bonchev–Trinajstić information content (AvgIpc) is 2.39. The highest BCUT2D eigenvalue weighted by Gasteiger charge is 2.18. The van der Waals surface area contributed by atoms with Gasteiger partial charge in [-0.05, 0) is 31.5 Å². The van der Waals surface area contributed by atoms with Gasteiger partial charge < -0.3 is 15.3 Å². The number of amides is 1. The molecule has 1 aromatic rings. The van der Waals surface area contributed by atoms with Crippen molar-refractivity contribution >= 4 is 23.2 Å². The monoisotopic (exact) mass is 282 g/mol. The van der Waals surface area contributed by atoms with E-state index in [1.807, 2.05) is 12.1 Å². The first-order chi connectivity index (χ1) is 9.15. The topological polar surface area (TPSA) is 52.6 Å². The van der Waals surface area contributed by atoms with Crippen molar-refractivity contribution in [1.29, 1.82) is 0 Å². The molecule has 1 atom stereocenters. The summed E-state index contributed by atoms with van der Waals surface area (Å²) in [6, 6.07) is 7.19. The van der Waals surface area contributed by atoms with Crippen LogP contribution in [0.15, 0.2) is 24.3 Å². The largest absolute Gasteiger partial charge is 0.392 e. The van der Waals surface area contributed by atoms with Crippen molar-refractivity contribution in [1.82, 2.24) is 4.90 Å². The zero-order valence-electron chi connectivity index (χ0n) is 10.8. The fourth-order valence-electron chi connectivity index (χ4n) is 2.27. The Bertz CT molecular complexity index is 439. The molecule has 104 valence electrons. The zero-order chi connectivity index (χ0) is 13.7. The number of halogens is 1. The minimum absolute atomic E-state index is 0.0480. The minimum Gasteiger partial charge on any atom is -0.392 e. The molecule has 0 aromatic heterocycles. The van der Waals surface area contributed by atoms with Gasteiger partial charge in [-0.2, -0.15) is 0 Å². The van der Waals surface area contributed by atoms with Crippen molar-refractivity contribution in [2.75, 3.05) is 25.0 Å². The Morgan fingerprint density at radius 3 is 3.00 bits per heavy atom. The number of aliphatic hydroxyl groups excluding tert-OH is 1. The smallest absolute Gasteiger partial charge is 0.225 e. The van der Waals surface area contributed by atoms with Gasteiger partial charge in [0.25, 0.3) is 0 Å². The lowest BCUT2D eigenvalue weighted by molar-refractivity contribution is -0.116. The van der Waals surface area contributed by atoms with Crippen molar-refractivity contribution in [3.8, 4) is 0 Å². The van der Waals surface area contributed by atoms with E-state index < -0.39 is 0 Å². The molecular formula is C14H19ClN2O2. The molecular weight excluding hydrogens is 264 g/mol. The fourth-order valence-corrected chi connectivity index (χ4v) is 2.45. The molecule has 2 rings (SSSR count). The number of benzene rings is 1. The Morgan fingerprint density at radius 1 is 1.47 bits per heavy atom. The molecule has 1 aromatic carbocycles. The molecule has 4 nitrogen and oxygen atoms in total. The van der Waals surface area contributed by atoms with Crippen molar-refractivity contribution in [2.45, 2.75) is 25.4 Å². The summed E-state index contributed by atoms with van der Waals surface area (Å²) in [4.78, 5) is 14.0. The lowest BCUT2D eigenvalue weighted by atomic mass is 10.1. The fraction of sp³-hybridized carbons (Fsp3) is 0.500. The van der Waals surface area contributed by atoms with Crippen LogP contribution in [0, 0.1) is 0 Å². The van der Waals surface area contributed by atoms with Crippen LogP contribution in [0.25, 0.3) is 0 Å². The zero-order valence-corrected chi connectivity index (χ0v) is 11.6. The van der Waals surface area contributed by atoms with Crippen LogP contribution in [0.4, 0.5) is 5.69 Å². The van der Waals surface area contributed by atoms with E-state index in [1.54, 1.807) is 12.1 Å². The van der Waals surface area contributed by atoms with E-state index in [4.69, 9.17) is 11.6 Å². The molecule has 0 radical (unpaired) electrons. The van der Waals surface area contributed by atoms with E-state index in [1.165, 1.54) is 0 Å². The predicted molar refractivity (Wildman–Crippen MR) is 76.4 cm³/mol. The Morgan fingerprint density at radius 2 is 2.26 bits per heavy atom. The van der Waals surface area contributed by atoms with Crippen molar-refractivity contribution < 1.29 is 9.90 Å². The molecule has 2 N–H and O–H groups in total. The van der Waals surface area contributed by atoms with Gasteiger partial charge in [0.1, 0.15) is 0 Å². The Hall–Kier alpha value is -1.10. The number of carbonyl (C=O) groups excluding carboxylic acids is 1. The molecule has 1 fully saturated rings. The molecule has 0 bridgehead atoms. The third-order valence-corrected chi connectivity index (χ3v) is 3.61. The normalized spacial score (nSPS) is 20.2. The summed E-state index contributed by atoms with van der Waals surface area (Å²) < 4.78 is 0. The second kappa shape index (κ2) is 6.89. The van der Waals surface area contributed by atoms with Crippen molar-refractivity contribution in [2.24, 2.45) is 0 Å². The Balaban J connectivity index is 1.77. The van der Waals surface area contributed by atoms with Crippen LogP contribution < -0.4 is 5.32 Å². The maximum absolute atomic E-state index is 11.8. The van der Waals surface area contributed by atoms with E-state index in [9.17, 15) is 9.90 Å². The summed E-state index contributed by atoms with van der Waals surface area (Å²) in [5.74, 6) is -0.0480. The highest BCUT2D eigenvalue weighted by molar-refractivity contribution is 6.33. The first-order valence-corrected chi connectivity index (χ1v) is 6.98. The number of nitrogens with one attached hydrogen (secondary N) is 1. The molecule has 0 spiro atoms. The van der Waals surface area contributed by atoms with Crippen LogP contribution in [0.2, 0.25) is 5.02 Å². The number of anilines is 1. The standard InChI is InChI=1S/C14H19ClN2O2/c15-12-5-1-2-6-13(12)16-14(19)7-9-17-8-3-4-11(18)10-17/h1-2,5-6,11,18H,3-4,7-10H2,(H,16,19). The van der Waals surface area contributed by atoms with Crippen molar-refractivity contribution in [3.05, 3.63) is 29.3 Å². The molecule has 1 heterocycles. The maximum Gasteiger partial charge on any atom is 0.225 e. The number of piperidine rings is 1. The number of likely N-dealkylation sites (tertiary alicyclic amines) is 1. The number of hydrogen-bond acceptors (Lipinski definition) is 3. The van der Waals surface area contributed by atoms with Crippen LogP contribution in [0.1, 0.15) is 19.3 Å². The van der Waals surface area contributed by atoms with Gasteiger partial charge in [-0.25, -0.2) is 0 Å². The number of carbonyl (C=O) groups is 1. The van der Waals surface area contributed by atoms with Crippen LogP contribution in [-0.2, 0) is 4.79 Å². The lowest BCUT2D eigenvalue weighted by Gasteiger charge is -2.29. The van der Waals surface area contributed by atoms with Gasteiger partial charge in [0.05, 0.1) is 16.8 Å². The third kappa shape index (κ3) is 4.49. The highest BCUT2D eigenvalue weighted by Crippen LogP contribution is 2.20. The van der Waals surface area contributed by atoms with Gasteiger partial charge in [0.2, 0.25) is 5.91 Å². The molecule has 1 aliphatic heterocycles. The molecule has 5 heteroatoms. The molecule has 1 saturated heterocycles. The predicted octanol–water partition coefficient (Wildman–Crippen LogP) is 2.13. The van der Waals surface area contributed by atoms with Crippen LogP contribution >= 0.6 is 11.6 Å². The van der Waals surface area contributed by atoms with Gasteiger partial charge in [-0.15, -0.1) is 0 Å². The van der Waals surface area contributed by atoms with E-state index in [0.29, 0.717) is 30.2 Å². The summed E-state index contributed by atoms with van der Waals surface area (Å²) >= 11 is 5.98. The second-order valence-corrected chi connectivity index (χ2v) is 5.28. The van der Waals surface area contributed by atoms with Crippen LogP contribution in [0.5, 0.6) is 0 Å². The van der Waals surface area contributed by atoms with E-state index in [0.717, 1.165) is 19.4 Å². The number of aliphatic hydroxyl groups is 1. The van der Waals surface area contributed by atoms with Gasteiger partial charge >= 0.3 is 0 Å². The highest BCUT2D eigenvalue weighted by atomic mass is 35.5. The molecule has 0 saturated carbocycles. The minimum atomic E-state index is -0.250. The van der Waals surface area contributed by atoms with E-state index >= 15 is 0 Å². The SMILES string of the molecule is O=C(CCN1CCCC(O)C1)Nc1ccccc1Cl. The average molecular weight is 283 g/mol. The number of nitrogens with zero attached hydrogens (tertiary/aromatic N) is 1. The third-order valence-electron chi connectivity index (χ3n) is 3.28. The Labute approximate surface area is 118 Å². The number of para-hydroxylation sites is 1. The maximum atomic E-state index is 11.8. The molecule has 19 heavy (non-hydrogen) atoms. The summed E-state index contributed by atoms with van der Waals surface area (Å²) in [7, 11) is 0. The molecule has 0 aliphatic carbocycles. The summed E-state index contributed by atoms with van der Waals surface area (Å²) in [5, 5.41) is 12.9. The summed E-state index contributed by atoms with van der Waals surface area (Å²) in [5.41, 5.74) is 0.646. The number of β-amino-alcohol motifs (C(OH)–C–C–N with tert-alkyl or cyclic N) is 1. The first-order valence-electron chi connectivity index (χ1n) is 6.60. The van der Waals surface area contributed by atoms with Gasteiger partial charge in [-0.1, -0.05) is 23.7 Å². The number of hydrogen-bond donors (Lipinski definition) is 2. The van der Waals surface area contributed by atoms with E-state index in [2.05, 4.69) is 10.2 Å². The quantitative estimate of drug-likeness (QED) is 0.889. The molecule has 1 amide bonds. The van der Waals surface area contributed by atoms with Crippen molar-refractivity contribution in [3.63, 3.8) is 0 Å². The summed E-state index contributed by atoms with van der Waals surface area (Å²) in [6.07, 6.45) is 2.02. The molecule has 1 unspecified atom stereocenters. The van der Waals surface area contributed by atoms with Gasteiger partial charge in [0.15, 0.2) is 0 Å². The molecule has 1 aliphatic rings. The second-order valence-electron chi connectivity index (χ2n) is 4.87. The van der Waals surface area contributed by atoms with Crippen LogP contribution in [-0.4, -0.2) is 41.7 Å². The van der Waals surface area contributed by atoms with Crippen LogP contribution in [0.3, 0.4) is 0 Å². The number of rotatable bonds is 4. The Kier molecular flexibility index (Phi) is 5.19. The summed E-state index contributed by atoms with van der Waals surface area (Å²) in [6.45, 7) is 2.29. The first kappa shape index (κ1) is 14.3. The van der Waals surface area contributed by atoms with E-state index in [-0.39, 0.29) is 12.0 Å². The van der Waals surface area contributed by atoms with Gasteiger partial charge in [0, 0.05) is 19.5 Å². The van der Waals surface area contributed by atoms with Gasteiger partial charge in [-0.3, -0.25) is 4.79 Å². The lowest BCUT2D eigenvalue weighted by Crippen LogP contribution is -2.39.